The van der Waals surface area contributed by atoms with Gasteiger partial charge in [-0.05, 0) is 31.0 Å². The molecule has 1 aliphatic rings. The summed E-state index contributed by atoms with van der Waals surface area (Å²) in [4.78, 5) is 10.1. The molecular weight excluding hydrogens is 380 g/mol. The van der Waals surface area contributed by atoms with Gasteiger partial charge in [0, 0.05) is 28.7 Å². The van der Waals surface area contributed by atoms with Gasteiger partial charge in [0.25, 0.3) is 0 Å². The average Bonchev–Trinajstić information content (AvgIpc) is 3.37. The molecule has 0 aliphatic heterocycles. The fourth-order valence-electron chi connectivity index (χ4n) is 3.72. The lowest BCUT2D eigenvalue weighted by Crippen LogP contribution is -2.18. The first-order valence-corrected chi connectivity index (χ1v) is 10.9. The van der Waals surface area contributed by atoms with Crippen LogP contribution in [0.25, 0.3) is 22.4 Å². The maximum atomic E-state index is 6.11. The van der Waals surface area contributed by atoms with Gasteiger partial charge in [-0.2, -0.15) is 5.10 Å². The van der Waals surface area contributed by atoms with Crippen molar-refractivity contribution in [2.24, 2.45) is 10.1 Å². The molecule has 3 aromatic heterocycles. The van der Waals surface area contributed by atoms with Gasteiger partial charge >= 0.3 is 0 Å². The highest BCUT2D eigenvalue weighted by Gasteiger charge is 2.16. The van der Waals surface area contributed by atoms with E-state index in [1.807, 2.05) is 41.2 Å². The lowest BCUT2D eigenvalue weighted by atomic mass is 9.96. The molecule has 3 heterocycles. The molecule has 0 unspecified atom stereocenters. The number of benzene rings is 1. The lowest BCUT2D eigenvalue weighted by Gasteiger charge is -2.16. The molecule has 6 heteroatoms. The highest BCUT2D eigenvalue weighted by atomic mass is 32.1. The summed E-state index contributed by atoms with van der Waals surface area (Å²) in [6, 6.07) is 14.4. The van der Waals surface area contributed by atoms with E-state index in [0.717, 1.165) is 45.6 Å². The normalized spacial score (nSPS) is 16.2. The summed E-state index contributed by atoms with van der Waals surface area (Å²) in [6.07, 6.45) is 11.5. The third-order valence-electron chi connectivity index (χ3n) is 5.24. The molecule has 0 atom stereocenters. The smallest absolute Gasteiger partial charge is 0.206 e. The van der Waals surface area contributed by atoms with Crippen molar-refractivity contribution >= 4 is 28.5 Å². The van der Waals surface area contributed by atoms with Gasteiger partial charge in [-0.1, -0.05) is 43.5 Å². The number of fused-ring (bicyclic) bond motifs is 1. The Morgan fingerprint density at radius 3 is 2.83 bits per heavy atom. The minimum Gasteiger partial charge on any atom is -0.454 e. The minimum atomic E-state index is 0.380. The number of furan rings is 1. The van der Waals surface area contributed by atoms with Gasteiger partial charge in [-0.15, -0.1) is 11.3 Å². The standard InChI is InChI=1S/C23H22N4OS/c1-2-9-19(10-3-1)26-23-27(25-15-17-7-6-12-24-14-17)20(16-29-23)22-13-18-8-4-5-11-21(18)28-22/h4-8,11-16,19H,1-3,9-10H2. The Kier molecular flexibility index (Phi) is 5.09. The van der Waals surface area contributed by atoms with Crippen LogP contribution in [-0.2, 0) is 0 Å². The Morgan fingerprint density at radius 1 is 1.10 bits per heavy atom. The van der Waals surface area contributed by atoms with Crippen LogP contribution >= 0.6 is 11.3 Å². The van der Waals surface area contributed by atoms with Gasteiger partial charge in [0.1, 0.15) is 11.3 Å². The number of pyridine rings is 1. The second-order valence-corrected chi connectivity index (χ2v) is 8.15. The van der Waals surface area contributed by atoms with E-state index in [1.54, 1.807) is 23.7 Å². The summed E-state index contributed by atoms with van der Waals surface area (Å²) in [7, 11) is 0. The molecule has 0 amide bonds. The van der Waals surface area contributed by atoms with E-state index >= 15 is 0 Å². The SMILES string of the molecule is C(=Nn1c(-c2cc3ccccc3o2)csc1=NC1CCCCC1)c1cccnc1. The molecule has 5 nitrogen and oxygen atoms in total. The maximum absolute atomic E-state index is 6.11. The zero-order valence-corrected chi connectivity index (χ0v) is 16.9. The van der Waals surface area contributed by atoms with Crippen LogP contribution in [0.15, 0.2) is 74.7 Å². The third kappa shape index (κ3) is 3.93. The molecule has 29 heavy (non-hydrogen) atoms. The molecule has 1 fully saturated rings. The zero-order valence-electron chi connectivity index (χ0n) is 16.1. The Hall–Kier alpha value is -2.99. The fraction of sp³-hybridized carbons (Fsp3) is 0.261. The van der Waals surface area contributed by atoms with Crippen molar-refractivity contribution in [1.29, 1.82) is 0 Å². The number of thiazole rings is 1. The van der Waals surface area contributed by atoms with Crippen molar-refractivity contribution in [3.8, 4) is 11.5 Å². The second kappa shape index (κ2) is 8.17. The molecule has 5 rings (SSSR count). The van der Waals surface area contributed by atoms with Crippen LogP contribution in [0.1, 0.15) is 37.7 Å². The first-order chi connectivity index (χ1) is 14.4. The molecule has 0 bridgehead atoms. The first-order valence-electron chi connectivity index (χ1n) is 10.0. The number of rotatable bonds is 4. The summed E-state index contributed by atoms with van der Waals surface area (Å²) >= 11 is 1.62. The largest absolute Gasteiger partial charge is 0.454 e. The lowest BCUT2D eigenvalue weighted by molar-refractivity contribution is 0.435. The highest BCUT2D eigenvalue weighted by molar-refractivity contribution is 7.07. The Balaban J connectivity index is 1.60. The number of hydrogen-bond donors (Lipinski definition) is 0. The first kappa shape index (κ1) is 18.1. The predicted octanol–water partition coefficient (Wildman–Crippen LogP) is 5.47. The molecule has 1 aromatic carbocycles. The van der Waals surface area contributed by atoms with Crippen molar-refractivity contribution in [2.75, 3.05) is 0 Å². The zero-order chi connectivity index (χ0) is 19.5. The van der Waals surface area contributed by atoms with E-state index in [4.69, 9.17) is 14.5 Å². The number of nitrogens with zero attached hydrogens (tertiary/aromatic N) is 4. The summed E-state index contributed by atoms with van der Waals surface area (Å²) in [5.41, 5.74) is 2.74. The van der Waals surface area contributed by atoms with Crippen LogP contribution in [-0.4, -0.2) is 21.9 Å². The molecule has 0 spiro atoms. The highest BCUT2D eigenvalue weighted by Crippen LogP contribution is 2.28. The van der Waals surface area contributed by atoms with Gasteiger partial charge < -0.3 is 4.42 Å². The Labute approximate surface area is 173 Å². The summed E-state index contributed by atoms with van der Waals surface area (Å²) in [5, 5.41) is 7.93. The van der Waals surface area contributed by atoms with E-state index < -0.39 is 0 Å². The van der Waals surface area contributed by atoms with E-state index in [0.29, 0.717) is 6.04 Å². The third-order valence-corrected chi connectivity index (χ3v) is 6.07. The fourth-order valence-corrected chi connectivity index (χ4v) is 4.61. The molecular formula is C23H22N4OS. The predicted molar refractivity (Wildman–Crippen MR) is 117 cm³/mol. The molecule has 0 saturated heterocycles. The van der Waals surface area contributed by atoms with Gasteiger partial charge in [0.05, 0.1) is 12.3 Å². The number of aromatic nitrogens is 2. The van der Waals surface area contributed by atoms with Crippen LogP contribution in [0.5, 0.6) is 0 Å². The van der Waals surface area contributed by atoms with Gasteiger partial charge in [0.2, 0.25) is 4.80 Å². The van der Waals surface area contributed by atoms with Gasteiger partial charge in [-0.25, -0.2) is 4.68 Å². The van der Waals surface area contributed by atoms with Crippen molar-refractivity contribution in [1.82, 2.24) is 9.66 Å². The summed E-state index contributed by atoms with van der Waals surface area (Å²) < 4.78 is 8.01. The monoisotopic (exact) mass is 402 g/mol. The topological polar surface area (TPSA) is 55.7 Å². The van der Waals surface area contributed by atoms with Gasteiger partial charge in [-0.3, -0.25) is 9.98 Å². The van der Waals surface area contributed by atoms with Crippen molar-refractivity contribution in [3.63, 3.8) is 0 Å². The van der Waals surface area contributed by atoms with Crippen LogP contribution in [0.4, 0.5) is 0 Å². The van der Waals surface area contributed by atoms with Crippen LogP contribution in [0.3, 0.4) is 0 Å². The quantitative estimate of drug-likeness (QED) is 0.425. The molecule has 0 N–H and O–H groups in total. The van der Waals surface area contributed by atoms with Crippen molar-refractivity contribution in [3.05, 3.63) is 70.6 Å². The van der Waals surface area contributed by atoms with E-state index in [9.17, 15) is 0 Å². The Morgan fingerprint density at radius 2 is 2.00 bits per heavy atom. The average molecular weight is 403 g/mol. The van der Waals surface area contributed by atoms with Crippen LogP contribution in [0, 0.1) is 0 Å². The maximum Gasteiger partial charge on any atom is 0.206 e. The summed E-state index contributed by atoms with van der Waals surface area (Å²) in [5.74, 6) is 0.802. The summed E-state index contributed by atoms with van der Waals surface area (Å²) in [6.45, 7) is 0. The van der Waals surface area contributed by atoms with Crippen molar-refractivity contribution < 1.29 is 4.42 Å². The second-order valence-electron chi connectivity index (χ2n) is 7.32. The van der Waals surface area contributed by atoms with Crippen LogP contribution < -0.4 is 4.80 Å². The van der Waals surface area contributed by atoms with Crippen molar-refractivity contribution in [2.45, 2.75) is 38.1 Å². The minimum absolute atomic E-state index is 0.380. The number of para-hydroxylation sites is 1. The molecule has 1 aliphatic carbocycles. The molecule has 0 radical (unpaired) electrons. The number of hydrogen-bond acceptors (Lipinski definition) is 5. The molecule has 1 saturated carbocycles. The Bertz CT molecular complexity index is 1160. The van der Waals surface area contributed by atoms with E-state index in [2.05, 4.69) is 22.5 Å². The molecule has 4 aromatic rings. The van der Waals surface area contributed by atoms with Crippen LogP contribution in [0.2, 0.25) is 0 Å². The van der Waals surface area contributed by atoms with E-state index in [1.165, 1.54) is 19.3 Å². The van der Waals surface area contributed by atoms with E-state index in [-0.39, 0.29) is 0 Å². The molecule has 146 valence electrons. The van der Waals surface area contributed by atoms with Gasteiger partial charge in [0.15, 0.2) is 5.76 Å².